The van der Waals surface area contributed by atoms with Crippen LogP contribution in [0.25, 0.3) is 0 Å². The maximum absolute atomic E-state index is 13.5. The third kappa shape index (κ3) is 3.03. The summed E-state index contributed by atoms with van der Waals surface area (Å²) in [6.45, 7) is 2.35. The third-order valence-corrected chi connectivity index (χ3v) is 3.42. The Balaban J connectivity index is 1.99. The molecule has 1 saturated heterocycles. The number of carbonyl (C=O) groups is 1. The van der Waals surface area contributed by atoms with Crippen LogP contribution in [-0.2, 0) is 11.3 Å². The molecule has 1 aromatic carbocycles. The summed E-state index contributed by atoms with van der Waals surface area (Å²) in [7, 11) is 0. The maximum atomic E-state index is 13.5. The third-order valence-electron chi connectivity index (χ3n) is 3.42. The number of benzene rings is 1. The molecule has 92 valence electrons. The van der Waals surface area contributed by atoms with E-state index in [-0.39, 0.29) is 17.6 Å². The Labute approximate surface area is 100 Å². The summed E-state index contributed by atoms with van der Waals surface area (Å²) in [5.74, 6) is -0.442. The number of hydrogen-bond acceptors (Lipinski definition) is 1. The zero-order chi connectivity index (χ0) is 12.3. The van der Waals surface area contributed by atoms with E-state index in [0.717, 1.165) is 25.9 Å². The molecule has 1 heterocycles. The van der Waals surface area contributed by atoms with E-state index in [1.165, 1.54) is 11.0 Å². The Morgan fingerprint density at radius 2 is 2.24 bits per heavy atom. The molecule has 0 bridgehead atoms. The van der Waals surface area contributed by atoms with Gasteiger partial charge in [-0.15, -0.1) is 0 Å². The first kappa shape index (κ1) is 12.0. The van der Waals surface area contributed by atoms with Gasteiger partial charge in [-0.05, 0) is 18.9 Å². The van der Waals surface area contributed by atoms with Gasteiger partial charge in [-0.3, -0.25) is 4.79 Å². The van der Waals surface area contributed by atoms with E-state index in [4.69, 9.17) is 5.73 Å². The van der Waals surface area contributed by atoms with Crippen LogP contribution in [-0.4, -0.2) is 19.0 Å². The number of quaternary nitrogens is 1. The molecule has 1 aromatic rings. The van der Waals surface area contributed by atoms with E-state index in [1.807, 2.05) is 6.07 Å². The molecule has 2 atom stereocenters. The standard InChI is InChI=1S/C13H17FN2O/c14-12-6-2-1-4-10(12)8-16-7-3-5-11(9-16)13(15)17/h1-2,4,6,11H,3,5,7-9H2,(H2,15,17)/p+1/t11-/m0/s1. The monoisotopic (exact) mass is 237 g/mol. The van der Waals surface area contributed by atoms with Crippen LogP contribution in [0.5, 0.6) is 0 Å². The van der Waals surface area contributed by atoms with E-state index in [0.29, 0.717) is 12.1 Å². The predicted molar refractivity (Wildman–Crippen MR) is 62.7 cm³/mol. The molecule has 2 rings (SSSR count). The van der Waals surface area contributed by atoms with Crippen molar-refractivity contribution in [3.8, 4) is 0 Å². The first-order valence-electron chi connectivity index (χ1n) is 6.03. The van der Waals surface area contributed by atoms with E-state index >= 15 is 0 Å². The molecular formula is C13H18FN2O+. The van der Waals surface area contributed by atoms with E-state index in [1.54, 1.807) is 12.1 Å². The Morgan fingerprint density at radius 1 is 1.47 bits per heavy atom. The van der Waals surface area contributed by atoms with Crippen LogP contribution in [0.2, 0.25) is 0 Å². The van der Waals surface area contributed by atoms with Crippen molar-refractivity contribution in [1.29, 1.82) is 0 Å². The molecule has 3 N–H and O–H groups in total. The number of piperidine rings is 1. The van der Waals surface area contributed by atoms with Crippen molar-refractivity contribution >= 4 is 5.91 Å². The Hall–Kier alpha value is -1.42. The van der Waals surface area contributed by atoms with Gasteiger partial charge in [-0.2, -0.15) is 0 Å². The lowest BCUT2D eigenvalue weighted by atomic mass is 9.97. The number of nitrogens with two attached hydrogens (primary N) is 1. The first-order chi connectivity index (χ1) is 8.16. The van der Waals surface area contributed by atoms with Gasteiger partial charge in [0, 0.05) is 5.56 Å². The smallest absolute Gasteiger partial charge is 0.226 e. The van der Waals surface area contributed by atoms with E-state index < -0.39 is 0 Å². The van der Waals surface area contributed by atoms with Crippen LogP contribution in [0.3, 0.4) is 0 Å². The Morgan fingerprint density at radius 3 is 2.94 bits per heavy atom. The van der Waals surface area contributed by atoms with Crippen LogP contribution in [0.1, 0.15) is 18.4 Å². The summed E-state index contributed by atoms with van der Waals surface area (Å²) < 4.78 is 13.5. The molecule has 1 fully saturated rings. The number of primary amides is 1. The molecule has 1 amide bonds. The fourth-order valence-corrected chi connectivity index (χ4v) is 2.47. The molecular weight excluding hydrogens is 219 g/mol. The van der Waals surface area contributed by atoms with E-state index in [9.17, 15) is 9.18 Å². The van der Waals surface area contributed by atoms with Crippen LogP contribution >= 0.6 is 0 Å². The minimum atomic E-state index is -0.226. The van der Waals surface area contributed by atoms with Gasteiger partial charge in [0.2, 0.25) is 5.91 Å². The SMILES string of the molecule is NC(=O)[C@H]1CCC[NH+](Cc2ccccc2F)C1. The first-order valence-corrected chi connectivity index (χ1v) is 6.03. The Bertz CT molecular complexity index is 408. The van der Waals surface area contributed by atoms with Gasteiger partial charge in [0.1, 0.15) is 12.4 Å². The average molecular weight is 237 g/mol. The fraction of sp³-hybridized carbons (Fsp3) is 0.462. The lowest BCUT2D eigenvalue weighted by Gasteiger charge is -2.28. The second-order valence-corrected chi connectivity index (χ2v) is 4.71. The van der Waals surface area contributed by atoms with Crippen molar-refractivity contribution in [2.24, 2.45) is 11.7 Å². The maximum Gasteiger partial charge on any atom is 0.226 e. The lowest BCUT2D eigenvalue weighted by Crippen LogP contribution is -3.12. The van der Waals surface area contributed by atoms with Crippen LogP contribution in [0, 0.1) is 11.7 Å². The molecule has 4 heteroatoms. The van der Waals surface area contributed by atoms with Gasteiger partial charge in [0.15, 0.2) is 0 Å². The molecule has 3 nitrogen and oxygen atoms in total. The number of nitrogens with one attached hydrogen (secondary N) is 1. The highest BCUT2D eigenvalue weighted by Crippen LogP contribution is 2.08. The number of rotatable bonds is 3. The summed E-state index contributed by atoms with van der Waals surface area (Å²) in [6.07, 6.45) is 1.85. The van der Waals surface area contributed by atoms with Crippen LogP contribution < -0.4 is 10.6 Å². The van der Waals surface area contributed by atoms with Crippen molar-refractivity contribution in [2.45, 2.75) is 19.4 Å². The fourth-order valence-electron chi connectivity index (χ4n) is 2.47. The van der Waals surface area contributed by atoms with Crippen molar-refractivity contribution in [3.05, 3.63) is 35.6 Å². The summed E-state index contributed by atoms with van der Waals surface area (Å²) >= 11 is 0. The van der Waals surface area contributed by atoms with Gasteiger partial charge in [-0.25, -0.2) is 4.39 Å². The lowest BCUT2D eigenvalue weighted by molar-refractivity contribution is -0.921. The van der Waals surface area contributed by atoms with Crippen molar-refractivity contribution in [1.82, 2.24) is 0 Å². The highest BCUT2D eigenvalue weighted by Gasteiger charge is 2.27. The van der Waals surface area contributed by atoms with Gasteiger partial charge >= 0.3 is 0 Å². The largest absolute Gasteiger partial charge is 0.369 e. The second kappa shape index (κ2) is 5.27. The van der Waals surface area contributed by atoms with Crippen LogP contribution in [0.15, 0.2) is 24.3 Å². The highest BCUT2D eigenvalue weighted by molar-refractivity contribution is 5.76. The Kier molecular flexibility index (Phi) is 3.74. The average Bonchev–Trinajstić information content (AvgIpc) is 2.32. The van der Waals surface area contributed by atoms with Crippen LogP contribution in [0.4, 0.5) is 4.39 Å². The van der Waals surface area contributed by atoms with Gasteiger partial charge in [-0.1, -0.05) is 18.2 Å². The van der Waals surface area contributed by atoms with Gasteiger partial charge in [0.05, 0.1) is 19.0 Å². The van der Waals surface area contributed by atoms with Gasteiger partial charge < -0.3 is 10.6 Å². The molecule has 0 spiro atoms. The molecule has 1 unspecified atom stereocenters. The number of carbonyl (C=O) groups excluding carboxylic acids is 1. The molecule has 0 saturated carbocycles. The molecule has 17 heavy (non-hydrogen) atoms. The highest BCUT2D eigenvalue weighted by atomic mass is 19.1. The zero-order valence-electron chi connectivity index (χ0n) is 9.79. The van der Waals surface area contributed by atoms with Gasteiger partial charge in [0.25, 0.3) is 0 Å². The normalized spacial score (nSPS) is 24.5. The summed E-state index contributed by atoms with van der Waals surface area (Å²) in [4.78, 5) is 12.4. The predicted octanol–water partition coefficient (Wildman–Crippen LogP) is 0.106. The minimum absolute atomic E-state index is 0.0504. The van der Waals surface area contributed by atoms with Crippen molar-refractivity contribution in [3.63, 3.8) is 0 Å². The number of halogens is 1. The topological polar surface area (TPSA) is 47.5 Å². The van der Waals surface area contributed by atoms with Crippen molar-refractivity contribution < 1.29 is 14.1 Å². The van der Waals surface area contributed by atoms with Crippen molar-refractivity contribution in [2.75, 3.05) is 13.1 Å². The summed E-state index contributed by atoms with van der Waals surface area (Å²) in [6, 6.07) is 6.81. The van der Waals surface area contributed by atoms with E-state index in [2.05, 4.69) is 0 Å². The quantitative estimate of drug-likeness (QED) is 0.770. The number of likely N-dealkylation sites (tertiary alicyclic amines) is 1. The number of amides is 1. The summed E-state index contributed by atoms with van der Waals surface area (Å²) in [5.41, 5.74) is 6.04. The second-order valence-electron chi connectivity index (χ2n) is 4.71. The molecule has 1 aliphatic heterocycles. The molecule has 0 radical (unpaired) electrons. The molecule has 0 aromatic heterocycles. The molecule has 1 aliphatic rings. The number of hydrogen-bond donors (Lipinski definition) is 2. The molecule has 0 aliphatic carbocycles. The minimum Gasteiger partial charge on any atom is -0.369 e. The summed E-state index contributed by atoms with van der Waals surface area (Å²) in [5, 5.41) is 0. The zero-order valence-corrected chi connectivity index (χ0v) is 9.79.